The van der Waals surface area contributed by atoms with E-state index in [1.807, 2.05) is 0 Å². The summed E-state index contributed by atoms with van der Waals surface area (Å²) in [6.45, 7) is 1.80. The number of carbonyl (C=O) groups is 1. The third kappa shape index (κ3) is 4.88. The standard InChI is InChI=1S/C12H14F3NO5S/c1-2-20-11(17)10(16)7-8-3-5-9(6-4-8)21-22(18,19)12(13,14)15/h3-6,10H,2,7,16H2,1H3/t10-/m0/s1. The normalized spacial score (nSPS) is 13.5. The lowest BCUT2D eigenvalue weighted by Crippen LogP contribution is -2.34. The summed E-state index contributed by atoms with van der Waals surface area (Å²) in [5.74, 6) is -1.10. The summed E-state index contributed by atoms with van der Waals surface area (Å²) in [7, 11) is -5.71. The Bertz CT molecular complexity index is 613. The van der Waals surface area contributed by atoms with Gasteiger partial charge in [0.25, 0.3) is 0 Å². The fraction of sp³-hybridized carbons (Fsp3) is 0.417. The Morgan fingerprint density at radius 1 is 1.27 bits per heavy atom. The van der Waals surface area contributed by atoms with Crippen molar-refractivity contribution < 1.29 is 35.3 Å². The van der Waals surface area contributed by atoms with Crippen LogP contribution >= 0.6 is 0 Å². The molecule has 0 spiro atoms. The number of hydrogen-bond donors (Lipinski definition) is 1. The van der Waals surface area contributed by atoms with E-state index in [0.717, 1.165) is 12.1 Å². The maximum Gasteiger partial charge on any atom is 0.534 e. The molecule has 0 bridgehead atoms. The van der Waals surface area contributed by atoms with Gasteiger partial charge in [-0.1, -0.05) is 12.1 Å². The van der Waals surface area contributed by atoms with E-state index < -0.39 is 33.4 Å². The van der Waals surface area contributed by atoms with Crippen LogP contribution in [0.1, 0.15) is 12.5 Å². The second kappa shape index (κ2) is 6.97. The molecule has 0 unspecified atom stereocenters. The molecule has 124 valence electrons. The average Bonchev–Trinajstić information content (AvgIpc) is 2.39. The SMILES string of the molecule is CCOC(=O)[C@@H](N)Cc1ccc(OS(=O)(=O)C(F)(F)F)cc1. The van der Waals surface area contributed by atoms with Gasteiger partial charge >= 0.3 is 21.6 Å². The molecule has 1 rings (SSSR count). The topological polar surface area (TPSA) is 95.7 Å². The van der Waals surface area contributed by atoms with Crippen LogP contribution in [0.5, 0.6) is 5.75 Å². The van der Waals surface area contributed by atoms with Crippen molar-refractivity contribution in [3.05, 3.63) is 29.8 Å². The minimum absolute atomic E-state index is 0.0884. The maximum atomic E-state index is 12.2. The lowest BCUT2D eigenvalue weighted by Gasteiger charge is -2.12. The zero-order valence-electron chi connectivity index (χ0n) is 11.5. The van der Waals surface area contributed by atoms with Crippen molar-refractivity contribution in [3.63, 3.8) is 0 Å². The van der Waals surface area contributed by atoms with E-state index >= 15 is 0 Å². The van der Waals surface area contributed by atoms with Crippen LogP contribution in [0.25, 0.3) is 0 Å². The van der Waals surface area contributed by atoms with Gasteiger partial charge in [0.1, 0.15) is 11.8 Å². The molecule has 1 atom stereocenters. The Morgan fingerprint density at radius 2 is 1.82 bits per heavy atom. The summed E-state index contributed by atoms with van der Waals surface area (Å²) in [5, 5.41) is 0. The summed E-state index contributed by atoms with van der Waals surface area (Å²) in [5.41, 5.74) is 0.591. The minimum atomic E-state index is -5.71. The van der Waals surface area contributed by atoms with Crippen LogP contribution in [0.4, 0.5) is 13.2 Å². The van der Waals surface area contributed by atoms with Crippen molar-refractivity contribution in [1.29, 1.82) is 0 Å². The molecule has 2 N–H and O–H groups in total. The van der Waals surface area contributed by atoms with E-state index in [2.05, 4.69) is 4.18 Å². The number of hydrogen-bond acceptors (Lipinski definition) is 6. The third-order valence-electron chi connectivity index (χ3n) is 2.46. The average molecular weight is 341 g/mol. The van der Waals surface area contributed by atoms with Crippen LogP contribution in [-0.2, 0) is 26.1 Å². The van der Waals surface area contributed by atoms with Crippen LogP contribution in [0, 0.1) is 0 Å². The molecule has 0 aliphatic rings. The van der Waals surface area contributed by atoms with Gasteiger partial charge in [-0.05, 0) is 31.0 Å². The van der Waals surface area contributed by atoms with Gasteiger partial charge < -0.3 is 14.7 Å². The zero-order valence-corrected chi connectivity index (χ0v) is 12.3. The first-order valence-electron chi connectivity index (χ1n) is 6.08. The van der Waals surface area contributed by atoms with Gasteiger partial charge in [-0.15, -0.1) is 0 Å². The number of ether oxygens (including phenoxy) is 1. The lowest BCUT2D eigenvalue weighted by molar-refractivity contribution is -0.144. The highest BCUT2D eigenvalue weighted by Crippen LogP contribution is 2.27. The fourth-order valence-corrected chi connectivity index (χ4v) is 1.90. The quantitative estimate of drug-likeness (QED) is 0.477. The Morgan fingerprint density at radius 3 is 2.27 bits per heavy atom. The van der Waals surface area contributed by atoms with E-state index in [4.69, 9.17) is 10.5 Å². The molecule has 0 aliphatic carbocycles. The zero-order chi connectivity index (χ0) is 17.0. The third-order valence-corrected chi connectivity index (χ3v) is 3.44. The molecular weight excluding hydrogens is 327 g/mol. The second-order valence-electron chi connectivity index (χ2n) is 4.19. The Balaban J connectivity index is 2.74. The molecule has 6 nitrogen and oxygen atoms in total. The van der Waals surface area contributed by atoms with E-state index in [0.29, 0.717) is 5.56 Å². The van der Waals surface area contributed by atoms with E-state index in [1.165, 1.54) is 12.1 Å². The van der Waals surface area contributed by atoms with Crippen LogP contribution in [0.3, 0.4) is 0 Å². The Hall–Kier alpha value is -1.81. The molecule has 10 heteroatoms. The molecule has 0 aliphatic heterocycles. The Labute approximate surface area is 125 Å². The van der Waals surface area contributed by atoms with Crippen molar-refractivity contribution in [2.45, 2.75) is 24.9 Å². The highest BCUT2D eigenvalue weighted by Gasteiger charge is 2.48. The summed E-state index contributed by atoms with van der Waals surface area (Å²) >= 11 is 0. The van der Waals surface area contributed by atoms with E-state index in [-0.39, 0.29) is 13.0 Å². The Kier molecular flexibility index (Phi) is 5.78. The first-order chi connectivity index (χ1) is 10.1. The fourth-order valence-electron chi connectivity index (χ4n) is 1.44. The van der Waals surface area contributed by atoms with Gasteiger partial charge in [0.05, 0.1) is 6.61 Å². The highest BCUT2D eigenvalue weighted by atomic mass is 32.2. The first kappa shape index (κ1) is 18.2. The summed E-state index contributed by atoms with van der Waals surface area (Å²) < 4.78 is 66.7. The molecule has 0 aromatic heterocycles. The molecule has 0 fully saturated rings. The van der Waals surface area contributed by atoms with Crippen LogP contribution < -0.4 is 9.92 Å². The number of rotatable bonds is 6. The van der Waals surface area contributed by atoms with Crippen molar-refractivity contribution in [3.8, 4) is 5.75 Å². The molecule has 22 heavy (non-hydrogen) atoms. The van der Waals surface area contributed by atoms with Gasteiger partial charge in [0.15, 0.2) is 0 Å². The molecule has 0 radical (unpaired) electrons. The monoisotopic (exact) mass is 341 g/mol. The van der Waals surface area contributed by atoms with Gasteiger partial charge in [-0.2, -0.15) is 21.6 Å². The molecular formula is C12H14F3NO5S. The van der Waals surface area contributed by atoms with Crippen LogP contribution in [-0.4, -0.2) is 32.5 Å². The van der Waals surface area contributed by atoms with Crippen molar-refractivity contribution >= 4 is 16.1 Å². The van der Waals surface area contributed by atoms with Gasteiger partial charge in [-0.25, -0.2) is 0 Å². The van der Waals surface area contributed by atoms with Crippen molar-refractivity contribution in [1.82, 2.24) is 0 Å². The number of halogens is 3. The number of nitrogens with two attached hydrogens (primary N) is 1. The lowest BCUT2D eigenvalue weighted by atomic mass is 10.1. The molecule has 0 saturated heterocycles. The van der Waals surface area contributed by atoms with Gasteiger partial charge in [0.2, 0.25) is 0 Å². The van der Waals surface area contributed by atoms with Crippen molar-refractivity contribution in [2.24, 2.45) is 5.73 Å². The van der Waals surface area contributed by atoms with Gasteiger partial charge in [-0.3, -0.25) is 4.79 Å². The smallest absolute Gasteiger partial charge is 0.465 e. The summed E-state index contributed by atoms with van der Waals surface area (Å²) in [6, 6.07) is 3.76. The van der Waals surface area contributed by atoms with E-state index in [9.17, 15) is 26.4 Å². The number of alkyl halides is 3. The molecule has 1 aromatic rings. The summed E-state index contributed by atoms with van der Waals surface area (Å²) in [6.07, 6.45) is 0.0884. The number of benzene rings is 1. The highest BCUT2D eigenvalue weighted by molar-refractivity contribution is 7.87. The van der Waals surface area contributed by atoms with Crippen LogP contribution in [0.2, 0.25) is 0 Å². The van der Waals surface area contributed by atoms with Crippen molar-refractivity contribution in [2.75, 3.05) is 6.61 Å². The predicted octanol–water partition coefficient (Wildman–Crippen LogP) is 1.35. The molecule has 0 amide bonds. The minimum Gasteiger partial charge on any atom is -0.465 e. The molecule has 0 saturated carbocycles. The number of esters is 1. The number of carbonyl (C=O) groups excluding carboxylic acids is 1. The maximum absolute atomic E-state index is 12.2. The van der Waals surface area contributed by atoms with Gasteiger partial charge in [0, 0.05) is 0 Å². The second-order valence-corrected chi connectivity index (χ2v) is 5.73. The summed E-state index contributed by atoms with van der Waals surface area (Å²) in [4.78, 5) is 11.3. The molecule has 0 heterocycles. The molecule has 1 aromatic carbocycles. The van der Waals surface area contributed by atoms with Crippen LogP contribution in [0.15, 0.2) is 24.3 Å². The largest absolute Gasteiger partial charge is 0.534 e. The first-order valence-corrected chi connectivity index (χ1v) is 7.49. The van der Waals surface area contributed by atoms with E-state index in [1.54, 1.807) is 6.92 Å². The predicted molar refractivity (Wildman–Crippen MR) is 70.4 cm³/mol.